The van der Waals surface area contributed by atoms with Gasteiger partial charge in [0.15, 0.2) is 0 Å². The molecule has 6 heteroatoms. The number of hydrogen-bond acceptors (Lipinski definition) is 4. The van der Waals surface area contributed by atoms with Crippen LogP contribution in [0.5, 0.6) is 0 Å². The molecule has 3 aromatic rings. The summed E-state index contributed by atoms with van der Waals surface area (Å²) in [7, 11) is -2.84. The highest BCUT2D eigenvalue weighted by Crippen LogP contribution is 2.18. The van der Waals surface area contributed by atoms with E-state index in [1.807, 2.05) is 66.7 Å². The SMILES string of the molecule is CC(C)=CC[Si](O[C@H](C=O)CNC(=O)OCc1ccccc1)(c1ccccc1)c1ccccc1. The van der Waals surface area contributed by atoms with Gasteiger partial charge < -0.3 is 19.3 Å². The maximum Gasteiger partial charge on any atom is 0.407 e. The molecule has 34 heavy (non-hydrogen) atoms. The van der Waals surface area contributed by atoms with E-state index in [4.69, 9.17) is 9.16 Å². The number of ether oxygens (including phenoxy) is 1. The molecule has 0 spiro atoms. The molecule has 3 rings (SSSR count). The van der Waals surface area contributed by atoms with Crippen molar-refractivity contribution in [3.8, 4) is 0 Å². The van der Waals surface area contributed by atoms with Crippen molar-refractivity contribution in [3.05, 3.63) is 108 Å². The van der Waals surface area contributed by atoms with E-state index >= 15 is 0 Å². The zero-order valence-corrected chi connectivity index (χ0v) is 20.6. The number of carbonyl (C=O) groups excluding carboxylic acids is 2. The molecule has 1 atom stereocenters. The third kappa shape index (κ3) is 7.01. The second-order valence-corrected chi connectivity index (χ2v) is 11.7. The first-order valence-electron chi connectivity index (χ1n) is 11.4. The van der Waals surface area contributed by atoms with E-state index < -0.39 is 20.5 Å². The smallest absolute Gasteiger partial charge is 0.407 e. The van der Waals surface area contributed by atoms with Gasteiger partial charge in [-0.05, 0) is 35.8 Å². The molecule has 0 saturated carbocycles. The molecule has 1 N–H and O–H groups in total. The highest BCUT2D eigenvalue weighted by Gasteiger charge is 2.41. The topological polar surface area (TPSA) is 64.6 Å². The van der Waals surface area contributed by atoms with Crippen molar-refractivity contribution in [3.63, 3.8) is 0 Å². The Kier molecular flexibility index (Phi) is 9.37. The first-order chi connectivity index (χ1) is 16.5. The van der Waals surface area contributed by atoms with Crippen LogP contribution in [0.4, 0.5) is 4.79 Å². The number of carbonyl (C=O) groups is 2. The Hall–Kier alpha value is -3.48. The lowest BCUT2D eigenvalue weighted by Gasteiger charge is -2.34. The summed E-state index contributed by atoms with van der Waals surface area (Å²) < 4.78 is 12.0. The van der Waals surface area contributed by atoms with Crippen LogP contribution in [0.3, 0.4) is 0 Å². The number of nitrogens with one attached hydrogen (secondary N) is 1. The number of allylic oxidation sites excluding steroid dienone is 2. The number of amides is 1. The molecule has 176 valence electrons. The standard InChI is InChI=1S/C28H31NO4Si/c1-23(2)18-19-34(26-14-8-4-9-15-26,27-16-10-5-11-17-27)33-25(21-30)20-29-28(31)32-22-24-12-6-3-7-13-24/h3-18,21,25H,19-20,22H2,1-2H3,(H,29,31)/t25-/m0/s1. The van der Waals surface area contributed by atoms with E-state index in [-0.39, 0.29) is 13.2 Å². The predicted molar refractivity (Wildman–Crippen MR) is 138 cm³/mol. The van der Waals surface area contributed by atoms with Crippen LogP contribution in [-0.2, 0) is 20.6 Å². The summed E-state index contributed by atoms with van der Waals surface area (Å²) in [6, 6.07) is 30.2. The van der Waals surface area contributed by atoms with Crippen LogP contribution in [0.2, 0.25) is 6.04 Å². The minimum Gasteiger partial charge on any atom is -0.445 e. The first kappa shape index (κ1) is 25.1. The number of alkyl carbamates (subject to hydrolysis) is 1. The number of benzene rings is 3. The van der Waals surface area contributed by atoms with Crippen molar-refractivity contribution in [2.75, 3.05) is 6.54 Å². The molecule has 0 saturated heterocycles. The molecule has 0 unspecified atom stereocenters. The molecule has 0 aliphatic heterocycles. The Morgan fingerprint density at radius 3 is 1.91 bits per heavy atom. The van der Waals surface area contributed by atoms with Crippen LogP contribution in [0, 0.1) is 0 Å². The van der Waals surface area contributed by atoms with Crippen LogP contribution >= 0.6 is 0 Å². The summed E-state index contributed by atoms with van der Waals surface area (Å²) in [5, 5.41) is 4.82. The van der Waals surface area contributed by atoms with Gasteiger partial charge in [0, 0.05) is 0 Å². The Bertz CT molecular complexity index is 1030. The monoisotopic (exact) mass is 473 g/mol. The zero-order chi connectivity index (χ0) is 24.2. The van der Waals surface area contributed by atoms with Gasteiger partial charge in [0.1, 0.15) is 19.0 Å². The van der Waals surface area contributed by atoms with Gasteiger partial charge in [0.05, 0.1) is 6.54 Å². The highest BCUT2D eigenvalue weighted by atomic mass is 28.4. The van der Waals surface area contributed by atoms with Gasteiger partial charge in [-0.1, -0.05) is 103 Å². The van der Waals surface area contributed by atoms with E-state index in [2.05, 4.69) is 49.5 Å². The summed E-state index contributed by atoms with van der Waals surface area (Å²) in [6.45, 7) is 4.29. The van der Waals surface area contributed by atoms with E-state index in [0.29, 0.717) is 6.04 Å². The second kappa shape index (κ2) is 12.7. The lowest BCUT2D eigenvalue weighted by Crippen LogP contribution is -2.63. The summed E-state index contributed by atoms with van der Waals surface area (Å²) in [4.78, 5) is 24.3. The molecule has 5 nitrogen and oxygen atoms in total. The first-order valence-corrected chi connectivity index (χ1v) is 13.5. The molecular weight excluding hydrogens is 442 g/mol. The molecule has 1 amide bonds. The van der Waals surface area contributed by atoms with Crippen LogP contribution in [0.1, 0.15) is 19.4 Å². The van der Waals surface area contributed by atoms with Gasteiger partial charge in [-0.2, -0.15) is 0 Å². The molecular formula is C28H31NO4Si. The average molecular weight is 474 g/mol. The Balaban J connectivity index is 1.80. The van der Waals surface area contributed by atoms with Gasteiger partial charge in [-0.15, -0.1) is 0 Å². The third-order valence-corrected chi connectivity index (χ3v) is 9.46. The minimum atomic E-state index is -2.84. The van der Waals surface area contributed by atoms with Gasteiger partial charge >= 0.3 is 6.09 Å². The molecule has 0 fully saturated rings. The van der Waals surface area contributed by atoms with Gasteiger partial charge in [0.25, 0.3) is 8.32 Å². The van der Waals surface area contributed by atoms with E-state index in [1.54, 1.807) is 0 Å². The van der Waals surface area contributed by atoms with Gasteiger partial charge in [-0.3, -0.25) is 0 Å². The van der Waals surface area contributed by atoms with Crippen LogP contribution < -0.4 is 15.7 Å². The summed E-state index contributed by atoms with van der Waals surface area (Å²) in [5.74, 6) is 0. The lowest BCUT2D eigenvalue weighted by molar-refractivity contribution is -0.113. The third-order valence-electron chi connectivity index (χ3n) is 5.44. The highest BCUT2D eigenvalue weighted by molar-refractivity contribution is 6.97. The normalized spacial score (nSPS) is 11.8. The van der Waals surface area contributed by atoms with Gasteiger partial charge in [-0.25, -0.2) is 4.79 Å². The van der Waals surface area contributed by atoms with Crippen molar-refractivity contribution in [1.29, 1.82) is 0 Å². The van der Waals surface area contributed by atoms with E-state index in [1.165, 1.54) is 5.57 Å². The Morgan fingerprint density at radius 2 is 1.41 bits per heavy atom. The zero-order valence-electron chi connectivity index (χ0n) is 19.6. The molecule has 0 heterocycles. The Morgan fingerprint density at radius 1 is 0.882 bits per heavy atom. The molecule has 0 aliphatic carbocycles. The molecule has 0 radical (unpaired) electrons. The van der Waals surface area contributed by atoms with Crippen molar-refractivity contribution >= 4 is 31.1 Å². The fourth-order valence-electron chi connectivity index (χ4n) is 3.68. The van der Waals surface area contributed by atoms with E-state index in [9.17, 15) is 9.59 Å². The van der Waals surface area contributed by atoms with Crippen molar-refractivity contribution < 1.29 is 18.8 Å². The molecule has 0 aliphatic rings. The van der Waals surface area contributed by atoms with Crippen molar-refractivity contribution in [2.45, 2.75) is 32.6 Å². The van der Waals surface area contributed by atoms with Crippen LogP contribution in [0.25, 0.3) is 0 Å². The lowest BCUT2D eigenvalue weighted by atomic mass is 10.2. The van der Waals surface area contributed by atoms with E-state index in [0.717, 1.165) is 22.2 Å². The molecule has 0 aromatic heterocycles. The van der Waals surface area contributed by atoms with Gasteiger partial charge in [0.2, 0.25) is 0 Å². The predicted octanol–water partition coefficient (Wildman–Crippen LogP) is 4.22. The number of aldehydes is 1. The summed E-state index contributed by atoms with van der Waals surface area (Å²) in [6.07, 6.45) is 1.51. The van der Waals surface area contributed by atoms with Crippen LogP contribution in [-0.4, -0.2) is 33.3 Å². The fraction of sp³-hybridized carbons (Fsp3) is 0.214. The number of hydrogen-bond donors (Lipinski definition) is 1. The number of rotatable bonds is 11. The maximum absolute atomic E-state index is 12.3. The van der Waals surface area contributed by atoms with Crippen molar-refractivity contribution in [2.24, 2.45) is 0 Å². The Labute approximate surface area is 202 Å². The van der Waals surface area contributed by atoms with Crippen molar-refractivity contribution in [1.82, 2.24) is 5.32 Å². The largest absolute Gasteiger partial charge is 0.445 e. The minimum absolute atomic E-state index is 0.0281. The van der Waals surface area contributed by atoms with Crippen LogP contribution in [0.15, 0.2) is 103 Å². The maximum atomic E-state index is 12.3. The summed E-state index contributed by atoms with van der Waals surface area (Å²) in [5.41, 5.74) is 2.07. The second-order valence-electron chi connectivity index (χ2n) is 8.28. The average Bonchev–Trinajstić information content (AvgIpc) is 2.89. The quantitative estimate of drug-likeness (QED) is 0.257. The fourth-order valence-corrected chi connectivity index (χ4v) is 7.67. The molecule has 0 bridgehead atoms. The summed E-state index contributed by atoms with van der Waals surface area (Å²) >= 11 is 0. The molecule has 3 aromatic carbocycles.